The average Bonchev–Trinajstić information content (AvgIpc) is 3.06. The number of sulfonamides is 1. The van der Waals surface area contributed by atoms with Crippen molar-refractivity contribution >= 4 is 32.9 Å². The number of rotatable bonds is 6. The summed E-state index contributed by atoms with van der Waals surface area (Å²) in [5.74, 6) is 0.500. The van der Waals surface area contributed by atoms with Gasteiger partial charge in [-0.3, -0.25) is 4.79 Å². The van der Waals surface area contributed by atoms with Crippen LogP contribution in [0.1, 0.15) is 55.9 Å². The number of fused-ring (bicyclic) bond motifs is 1. The summed E-state index contributed by atoms with van der Waals surface area (Å²) in [5.41, 5.74) is 1.38. The van der Waals surface area contributed by atoms with Crippen LogP contribution in [0.5, 0.6) is 0 Å². The van der Waals surface area contributed by atoms with Crippen molar-refractivity contribution in [1.29, 1.82) is 0 Å². The average molecular weight is 449 g/mol. The number of hydrogen-bond acceptors (Lipinski definition) is 6. The third-order valence-corrected chi connectivity index (χ3v) is 8.14. The third-order valence-electron chi connectivity index (χ3n) is 6.84. The molecule has 2 fully saturated rings. The second kappa shape index (κ2) is 8.05. The molecule has 170 valence electrons. The van der Waals surface area contributed by atoms with E-state index in [4.69, 9.17) is 4.98 Å². The fourth-order valence-corrected chi connectivity index (χ4v) is 5.63. The minimum absolute atomic E-state index is 0.0274. The number of amides is 1. The number of carbonyl (C=O) groups is 1. The van der Waals surface area contributed by atoms with E-state index in [1.54, 1.807) is 25.2 Å². The molecule has 0 atom stereocenters. The van der Waals surface area contributed by atoms with Gasteiger partial charge >= 0.3 is 0 Å². The summed E-state index contributed by atoms with van der Waals surface area (Å²) in [6.45, 7) is 3.16. The molecule has 1 saturated carbocycles. The van der Waals surface area contributed by atoms with Crippen LogP contribution >= 0.6 is 0 Å². The van der Waals surface area contributed by atoms with Crippen molar-refractivity contribution in [3.05, 3.63) is 18.0 Å². The Balaban J connectivity index is 1.65. The Morgan fingerprint density at radius 2 is 1.97 bits per heavy atom. The van der Waals surface area contributed by atoms with Crippen LogP contribution in [-0.4, -0.2) is 77.5 Å². The number of nitrogens with one attached hydrogen (secondary N) is 1. The topological polar surface area (TPSA) is 100 Å². The minimum Gasteiger partial charge on any atom is -0.351 e. The highest BCUT2D eigenvalue weighted by Crippen LogP contribution is 2.45. The lowest BCUT2D eigenvalue weighted by Crippen LogP contribution is -2.43. The molecule has 0 unspecified atom stereocenters. The van der Waals surface area contributed by atoms with Crippen LogP contribution < -0.4 is 5.32 Å². The predicted octanol–water partition coefficient (Wildman–Crippen LogP) is 2.26. The van der Waals surface area contributed by atoms with E-state index in [9.17, 15) is 13.2 Å². The number of nitrogens with zero attached hydrogens (tertiary/aromatic N) is 5. The molecule has 1 aliphatic carbocycles. The molecule has 2 aromatic heterocycles. The van der Waals surface area contributed by atoms with Crippen molar-refractivity contribution in [2.24, 2.45) is 0 Å². The van der Waals surface area contributed by atoms with Crippen LogP contribution in [0.2, 0.25) is 0 Å². The second-order valence-electron chi connectivity index (χ2n) is 9.05. The van der Waals surface area contributed by atoms with E-state index in [0.29, 0.717) is 37.6 Å². The molecule has 1 saturated heterocycles. The molecule has 4 rings (SSSR count). The maximum absolute atomic E-state index is 12.9. The quantitative estimate of drug-likeness (QED) is 0.728. The molecule has 0 radical (unpaired) electrons. The van der Waals surface area contributed by atoms with E-state index in [-0.39, 0.29) is 17.5 Å². The van der Waals surface area contributed by atoms with Crippen molar-refractivity contribution in [2.45, 2.75) is 57.0 Å². The molecular weight excluding hydrogens is 416 g/mol. The predicted molar refractivity (Wildman–Crippen MR) is 121 cm³/mol. The molecule has 2 aromatic rings. The number of anilines is 1. The van der Waals surface area contributed by atoms with Gasteiger partial charge < -0.3 is 14.8 Å². The van der Waals surface area contributed by atoms with Crippen LogP contribution in [0.25, 0.3) is 11.0 Å². The molecule has 1 amide bonds. The van der Waals surface area contributed by atoms with Crippen LogP contribution in [0.4, 0.5) is 5.95 Å². The maximum Gasteiger partial charge on any atom is 0.270 e. The Bertz CT molecular complexity index is 1080. The largest absolute Gasteiger partial charge is 0.351 e. The number of carbonyl (C=O) groups excluding carboxylic acids is 1. The van der Waals surface area contributed by atoms with Gasteiger partial charge in [-0.05, 0) is 44.6 Å². The van der Waals surface area contributed by atoms with Gasteiger partial charge in [-0.1, -0.05) is 6.92 Å². The molecule has 0 aromatic carbocycles. The van der Waals surface area contributed by atoms with Crippen LogP contribution in [0.3, 0.4) is 0 Å². The van der Waals surface area contributed by atoms with Crippen molar-refractivity contribution in [3.8, 4) is 0 Å². The van der Waals surface area contributed by atoms with Crippen LogP contribution in [0, 0.1) is 0 Å². The third kappa shape index (κ3) is 4.03. The standard InChI is InChI=1S/C21H32N6O3S/c1-5-21(9-6-10-21)27-17(19(28)25(2)3)13-15-14-22-20(24-18(15)27)23-16-7-11-26(12-8-16)31(4,29)30/h13-14,16H,5-12H2,1-4H3,(H,22,23,24). The summed E-state index contributed by atoms with van der Waals surface area (Å²) >= 11 is 0. The zero-order valence-electron chi connectivity index (χ0n) is 18.8. The highest BCUT2D eigenvalue weighted by molar-refractivity contribution is 7.88. The summed E-state index contributed by atoms with van der Waals surface area (Å²) in [6.07, 6.45) is 8.62. The minimum atomic E-state index is -3.15. The highest BCUT2D eigenvalue weighted by Gasteiger charge is 2.41. The number of aromatic nitrogens is 3. The van der Waals surface area contributed by atoms with Gasteiger partial charge in [0, 0.05) is 50.3 Å². The SMILES string of the molecule is CCC1(n2c(C(=O)N(C)C)cc3cnc(NC4CCN(S(C)(=O)=O)CC4)nc32)CCC1. The Morgan fingerprint density at radius 3 is 2.48 bits per heavy atom. The lowest BCUT2D eigenvalue weighted by molar-refractivity contribution is 0.0780. The first-order valence-electron chi connectivity index (χ1n) is 11.0. The van der Waals surface area contributed by atoms with Crippen LogP contribution in [-0.2, 0) is 15.6 Å². The lowest BCUT2D eigenvalue weighted by Gasteiger charge is -2.44. The molecule has 31 heavy (non-hydrogen) atoms. The Kier molecular flexibility index (Phi) is 5.72. The zero-order chi connectivity index (χ0) is 22.4. The monoisotopic (exact) mass is 448 g/mol. The van der Waals surface area contributed by atoms with Gasteiger partial charge in [0.15, 0.2) is 0 Å². The number of piperidine rings is 1. The molecular formula is C21H32N6O3S. The fourth-order valence-electron chi connectivity index (χ4n) is 4.76. The summed E-state index contributed by atoms with van der Waals surface area (Å²) in [4.78, 5) is 23.9. The summed E-state index contributed by atoms with van der Waals surface area (Å²) in [5, 5.41) is 4.25. The maximum atomic E-state index is 12.9. The molecule has 1 aliphatic heterocycles. The molecule has 2 aliphatic rings. The second-order valence-corrected chi connectivity index (χ2v) is 11.0. The molecule has 0 bridgehead atoms. The van der Waals surface area contributed by atoms with E-state index in [2.05, 4.69) is 21.8 Å². The fraction of sp³-hybridized carbons (Fsp3) is 0.667. The van der Waals surface area contributed by atoms with E-state index >= 15 is 0 Å². The molecule has 1 N–H and O–H groups in total. The Labute approximate surface area is 183 Å². The van der Waals surface area contributed by atoms with Gasteiger partial charge in [-0.25, -0.2) is 17.7 Å². The normalized spacial score (nSPS) is 19.9. The van der Waals surface area contributed by atoms with Crippen molar-refractivity contribution in [1.82, 2.24) is 23.7 Å². The van der Waals surface area contributed by atoms with Crippen molar-refractivity contribution in [3.63, 3.8) is 0 Å². The first-order chi connectivity index (χ1) is 14.6. The summed E-state index contributed by atoms with van der Waals surface area (Å²) < 4.78 is 27.1. The smallest absolute Gasteiger partial charge is 0.270 e. The van der Waals surface area contributed by atoms with Gasteiger partial charge in [0.2, 0.25) is 16.0 Å². The lowest BCUT2D eigenvalue weighted by atomic mass is 9.74. The first kappa shape index (κ1) is 22.0. The Hall–Kier alpha value is -2.20. The highest BCUT2D eigenvalue weighted by atomic mass is 32.2. The van der Waals surface area contributed by atoms with E-state index in [1.807, 2.05) is 6.07 Å². The number of hydrogen-bond donors (Lipinski definition) is 1. The molecule has 9 nitrogen and oxygen atoms in total. The Morgan fingerprint density at radius 1 is 1.29 bits per heavy atom. The van der Waals surface area contributed by atoms with Gasteiger partial charge in [0.1, 0.15) is 11.3 Å². The van der Waals surface area contributed by atoms with Gasteiger partial charge in [-0.15, -0.1) is 0 Å². The zero-order valence-corrected chi connectivity index (χ0v) is 19.6. The van der Waals surface area contributed by atoms with Gasteiger partial charge in [0.25, 0.3) is 5.91 Å². The first-order valence-corrected chi connectivity index (χ1v) is 12.8. The molecule has 10 heteroatoms. The van der Waals surface area contributed by atoms with E-state index in [0.717, 1.165) is 36.7 Å². The van der Waals surface area contributed by atoms with E-state index < -0.39 is 10.0 Å². The summed E-state index contributed by atoms with van der Waals surface area (Å²) in [7, 11) is 0.388. The van der Waals surface area contributed by atoms with Crippen LogP contribution in [0.15, 0.2) is 12.3 Å². The van der Waals surface area contributed by atoms with E-state index in [1.165, 1.54) is 10.6 Å². The van der Waals surface area contributed by atoms with Gasteiger partial charge in [-0.2, -0.15) is 4.98 Å². The van der Waals surface area contributed by atoms with Crippen molar-refractivity contribution < 1.29 is 13.2 Å². The summed E-state index contributed by atoms with van der Waals surface area (Å²) in [6, 6.07) is 2.02. The molecule has 0 spiro atoms. The molecule has 3 heterocycles. The van der Waals surface area contributed by atoms with Gasteiger partial charge in [0.05, 0.1) is 6.26 Å². The van der Waals surface area contributed by atoms with Crippen molar-refractivity contribution in [2.75, 3.05) is 38.8 Å².